The van der Waals surface area contributed by atoms with Crippen molar-refractivity contribution in [2.75, 3.05) is 18.1 Å². The number of ether oxygens (including phenoxy) is 1. The quantitative estimate of drug-likeness (QED) is 0.704. The van der Waals surface area contributed by atoms with Crippen LogP contribution >= 0.6 is 0 Å². The molecule has 6 nitrogen and oxygen atoms in total. The zero-order valence-corrected chi connectivity index (χ0v) is 18.9. The van der Waals surface area contributed by atoms with Crippen molar-refractivity contribution in [2.24, 2.45) is 17.3 Å². The van der Waals surface area contributed by atoms with Crippen molar-refractivity contribution in [3.63, 3.8) is 0 Å². The molecule has 168 valence electrons. The highest BCUT2D eigenvalue weighted by molar-refractivity contribution is 7.91. The molecule has 1 N–H and O–H groups in total. The number of rotatable bonds is 5. The minimum atomic E-state index is -3.06. The summed E-state index contributed by atoms with van der Waals surface area (Å²) in [6.45, 7) is 1.76. The van der Waals surface area contributed by atoms with E-state index in [0.717, 1.165) is 32.1 Å². The van der Waals surface area contributed by atoms with Gasteiger partial charge >= 0.3 is 5.97 Å². The van der Waals surface area contributed by atoms with Gasteiger partial charge in [-0.1, -0.05) is 29.8 Å². The van der Waals surface area contributed by atoms with Crippen molar-refractivity contribution >= 4 is 21.7 Å². The molecule has 5 fully saturated rings. The van der Waals surface area contributed by atoms with E-state index in [4.69, 9.17) is 4.74 Å². The third-order valence-corrected chi connectivity index (χ3v) is 9.86. The van der Waals surface area contributed by atoms with Crippen molar-refractivity contribution in [2.45, 2.75) is 63.3 Å². The summed E-state index contributed by atoms with van der Waals surface area (Å²) in [4.78, 5) is 25.5. The molecule has 0 unspecified atom stereocenters. The third kappa shape index (κ3) is 3.90. The highest BCUT2D eigenvalue weighted by atomic mass is 32.2. The van der Waals surface area contributed by atoms with E-state index in [1.54, 1.807) is 0 Å². The van der Waals surface area contributed by atoms with Crippen LogP contribution in [-0.4, -0.2) is 44.4 Å². The molecule has 6 rings (SSSR count). The fourth-order valence-corrected chi connectivity index (χ4v) is 8.88. The average Bonchev–Trinajstić information content (AvgIpc) is 3.03. The molecular formula is C24H31NO5S. The van der Waals surface area contributed by atoms with Crippen LogP contribution in [0.3, 0.4) is 0 Å². The maximum atomic E-state index is 13.3. The minimum Gasteiger partial charge on any atom is -0.455 e. The number of carbonyl (C=O) groups excluding carboxylic acids is 2. The molecule has 0 spiro atoms. The number of carbonyl (C=O) groups is 2. The summed E-state index contributed by atoms with van der Waals surface area (Å²) in [7, 11) is -3.06. The van der Waals surface area contributed by atoms with E-state index in [1.165, 1.54) is 17.5 Å². The highest BCUT2D eigenvalue weighted by Gasteiger charge is 2.61. The van der Waals surface area contributed by atoms with Gasteiger partial charge in [-0.05, 0) is 74.7 Å². The van der Waals surface area contributed by atoms with Crippen LogP contribution in [0.25, 0.3) is 0 Å². The van der Waals surface area contributed by atoms with Gasteiger partial charge in [-0.2, -0.15) is 0 Å². The summed E-state index contributed by atoms with van der Waals surface area (Å²) in [5.41, 5.74) is 2.12. The van der Waals surface area contributed by atoms with E-state index in [1.807, 2.05) is 0 Å². The van der Waals surface area contributed by atoms with Crippen LogP contribution in [0.2, 0.25) is 0 Å². The predicted octanol–water partition coefficient (Wildman–Crippen LogP) is 2.68. The number of aryl methyl sites for hydroxylation is 1. The number of esters is 1. The molecule has 1 aliphatic heterocycles. The summed E-state index contributed by atoms with van der Waals surface area (Å²) in [5, 5.41) is 2.71. The monoisotopic (exact) mass is 445 g/mol. The molecule has 7 heteroatoms. The first-order chi connectivity index (χ1) is 14.7. The number of hydrogen-bond donors (Lipinski definition) is 1. The highest BCUT2D eigenvalue weighted by Crippen LogP contribution is 2.66. The molecule has 1 amide bonds. The van der Waals surface area contributed by atoms with Crippen molar-refractivity contribution in [3.8, 4) is 0 Å². The molecular weight excluding hydrogens is 414 g/mol. The lowest BCUT2D eigenvalue weighted by atomic mass is 9.43. The van der Waals surface area contributed by atoms with Crippen molar-refractivity contribution in [3.05, 3.63) is 35.4 Å². The Morgan fingerprint density at radius 2 is 1.77 bits per heavy atom. The van der Waals surface area contributed by atoms with E-state index >= 15 is 0 Å². The molecule has 4 aliphatic carbocycles. The fourth-order valence-electron chi connectivity index (χ4n) is 7.21. The van der Waals surface area contributed by atoms with E-state index in [0.29, 0.717) is 18.3 Å². The minimum absolute atomic E-state index is 0.0287. The first kappa shape index (κ1) is 21.0. The number of benzene rings is 1. The van der Waals surface area contributed by atoms with E-state index in [9.17, 15) is 18.0 Å². The number of hydrogen-bond acceptors (Lipinski definition) is 5. The lowest BCUT2D eigenvalue weighted by molar-refractivity contribution is -0.175. The second kappa shape index (κ2) is 7.32. The molecule has 4 bridgehead atoms. The average molecular weight is 446 g/mol. The third-order valence-electron chi connectivity index (χ3n) is 8.09. The fraction of sp³-hybridized carbons (Fsp3) is 0.667. The molecule has 5 aliphatic rings. The maximum absolute atomic E-state index is 13.3. The second-order valence-corrected chi connectivity index (χ2v) is 12.9. The van der Waals surface area contributed by atoms with E-state index in [-0.39, 0.29) is 35.5 Å². The van der Waals surface area contributed by atoms with Crippen LogP contribution in [0.15, 0.2) is 24.3 Å². The van der Waals surface area contributed by atoms with Crippen LogP contribution in [0.1, 0.15) is 56.1 Å². The standard InChI is InChI=1S/C24H31NO5S/c1-16-2-4-19(5-3-16)23-9-17-8-18(10-23)12-24(11-17,15-23)22(27)30-13-21(26)25-20-6-7-31(28,29)14-20/h2-5,17-18,20H,6-15H2,1H3,(H,25,26)/t17-,18-,20-,23?,24?/m1/s1. The number of sulfone groups is 1. The van der Waals surface area contributed by atoms with Crippen molar-refractivity contribution < 1.29 is 22.7 Å². The Morgan fingerprint density at radius 3 is 2.39 bits per heavy atom. The molecule has 3 atom stereocenters. The smallest absolute Gasteiger partial charge is 0.312 e. The van der Waals surface area contributed by atoms with Crippen molar-refractivity contribution in [1.82, 2.24) is 5.32 Å². The molecule has 1 aromatic rings. The summed E-state index contributed by atoms with van der Waals surface area (Å²) in [6.07, 6.45) is 6.42. The first-order valence-electron chi connectivity index (χ1n) is 11.4. The summed E-state index contributed by atoms with van der Waals surface area (Å²) < 4.78 is 28.7. The Labute approximate surface area is 184 Å². The lowest BCUT2D eigenvalue weighted by Crippen LogP contribution is -2.57. The molecule has 4 saturated carbocycles. The van der Waals surface area contributed by atoms with Gasteiger partial charge in [0, 0.05) is 6.04 Å². The van der Waals surface area contributed by atoms with Gasteiger partial charge in [-0.25, -0.2) is 8.42 Å². The number of nitrogens with one attached hydrogen (secondary N) is 1. The number of amides is 1. The van der Waals surface area contributed by atoms with Crippen LogP contribution in [0.5, 0.6) is 0 Å². The summed E-state index contributed by atoms with van der Waals surface area (Å²) in [6, 6.07) is 8.40. The van der Waals surface area contributed by atoms with Gasteiger partial charge in [-0.15, -0.1) is 0 Å². The van der Waals surface area contributed by atoms with Crippen LogP contribution in [-0.2, 0) is 29.6 Å². The van der Waals surface area contributed by atoms with Crippen LogP contribution in [0, 0.1) is 24.2 Å². The predicted molar refractivity (Wildman–Crippen MR) is 116 cm³/mol. The molecule has 1 heterocycles. The maximum Gasteiger partial charge on any atom is 0.312 e. The van der Waals surface area contributed by atoms with Gasteiger partial charge in [-0.3, -0.25) is 9.59 Å². The Hall–Kier alpha value is -1.89. The zero-order chi connectivity index (χ0) is 21.9. The van der Waals surface area contributed by atoms with Crippen LogP contribution < -0.4 is 5.32 Å². The Bertz CT molecular complexity index is 985. The van der Waals surface area contributed by atoms with Crippen molar-refractivity contribution in [1.29, 1.82) is 0 Å². The molecule has 0 aromatic heterocycles. The van der Waals surface area contributed by atoms with Gasteiger partial charge in [0.05, 0.1) is 16.9 Å². The van der Waals surface area contributed by atoms with E-state index in [2.05, 4.69) is 36.5 Å². The Balaban J connectivity index is 1.27. The van der Waals surface area contributed by atoms with Gasteiger partial charge in [0.15, 0.2) is 16.4 Å². The van der Waals surface area contributed by atoms with Gasteiger partial charge < -0.3 is 10.1 Å². The van der Waals surface area contributed by atoms with Gasteiger partial charge in [0.2, 0.25) is 0 Å². The van der Waals surface area contributed by atoms with Gasteiger partial charge in [0.1, 0.15) is 0 Å². The molecule has 1 saturated heterocycles. The molecule has 0 radical (unpaired) electrons. The summed E-state index contributed by atoms with van der Waals surface area (Å²) >= 11 is 0. The normalized spacial score (nSPS) is 37.5. The largest absolute Gasteiger partial charge is 0.455 e. The molecule has 1 aromatic carbocycles. The Kier molecular flexibility index (Phi) is 4.96. The first-order valence-corrected chi connectivity index (χ1v) is 13.2. The second-order valence-electron chi connectivity index (χ2n) is 10.6. The van der Waals surface area contributed by atoms with E-state index < -0.39 is 21.2 Å². The lowest BCUT2D eigenvalue weighted by Gasteiger charge is -2.61. The Morgan fingerprint density at radius 1 is 1.10 bits per heavy atom. The molecule has 31 heavy (non-hydrogen) atoms. The SMILES string of the molecule is Cc1ccc(C23C[C@H]4C[C@@H](CC(C(=O)OCC(=O)N[C@@H]5CCS(=O)(=O)C5)(C4)C2)C3)cc1. The topological polar surface area (TPSA) is 89.5 Å². The summed E-state index contributed by atoms with van der Waals surface area (Å²) in [5.74, 6) is 0.491. The zero-order valence-electron chi connectivity index (χ0n) is 18.1. The van der Waals surface area contributed by atoms with Crippen LogP contribution in [0.4, 0.5) is 0 Å². The van der Waals surface area contributed by atoms with Gasteiger partial charge in [0.25, 0.3) is 5.91 Å².